The van der Waals surface area contributed by atoms with Gasteiger partial charge in [0.05, 0.1) is 0 Å². The fourth-order valence-electron chi connectivity index (χ4n) is 1.74. The Morgan fingerprint density at radius 2 is 2.29 bits per heavy atom. The Hall–Kier alpha value is -2.59. The molecule has 6 nitrogen and oxygen atoms in total. The minimum absolute atomic E-state index is 0.286. The second kappa shape index (κ2) is 4.11. The van der Waals surface area contributed by atoms with Crippen molar-refractivity contribution < 1.29 is 9.59 Å². The third-order valence-corrected chi connectivity index (χ3v) is 2.54. The van der Waals surface area contributed by atoms with E-state index in [4.69, 9.17) is 5.53 Å². The van der Waals surface area contributed by atoms with Gasteiger partial charge in [0.1, 0.15) is 0 Å². The molecule has 0 unspecified atom stereocenters. The van der Waals surface area contributed by atoms with Crippen molar-refractivity contribution in [2.45, 2.75) is 6.92 Å². The van der Waals surface area contributed by atoms with Crippen molar-refractivity contribution in [1.82, 2.24) is 4.98 Å². The van der Waals surface area contributed by atoms with E-state index in [1.807, 2.05) is 0 Å². The SMILES string of the molecule is Cc1[nH]c2cc(C(=O)N=[N+]=[N-])ccc2c1C=O. The number of carbonyl (C=O) groups is 2. The van der Waals surface area contributed by atoms with Crippen molar-refractivity contribution in [1.29, 1.82) is 0 Å². The average Bonchev–Trinajstić information content (AvgIpc) is 2.63. The fourth-order valence-corrected chi connectivity index (χ4v) is 1.74. The van der Waals surface area contributed by atoms with E-state index in [0.29, 0.717) is 11.1 Å². The van der Waals surface area contributed by atoms with Crippen molar-refractivity contribution >= 4 is 23.1 Å². The number of H-pyrrole nitrogens is 1. The molecule has 1 N–H and O–H groups in total. The van der Waals surface area contributed by atoms with Gasteiger partial charge in [0.25, 0.3) is 0 Å². The minimum atomic E-state index is -0.644. The van der Waals surface area contributed by atoms with E-state index in [2.05, 4.69) is 15.0 Å². The molecule has 0 aliphatic carbocycles. The number of rotatable bonds is 2. The zero-order valence-corrected chi connectivity index (χ0v) is 8.97. The summed E-state index contributed by atoms with van der Waals surface area (Å²) in [7, 11) is 0. The number of benzene rings is 1. The van der Waals surface area contributed by atoms with Gasteiger partial charge in [-0.2, -0.15) is 0 Å². The lowest BCUT2D eigenvalue weighted by Crippen LogP contribution is -1.92. The molecule has 17 heavy (non-hydrogen) atoms. The fraction of sp³-hybridized carbons (Fsp3) is 0.0909. The summed E-state index contributed by atoms with van der Waals surface area (Å²) in [5.41, 5.74) is 10.4. The van der Waals surface area contributed by atoms with Gasteiger partial charge < -0.3 is 4.98 Å². The smallest absolute Gasteiger partial charge is 0.249 e. The van der Waals surface area contributed by atoms with Crippen LogP contribution in [0.5, 0.6) is 0 Å². The number of nitrogens with one attached hydrogen (secondary N) is 1. The Morgan fingerprint density at radius 3 is 2.94 bits per heavy atom. The summed E-state index contributed by atoms with van der Waals surface area (Å²) in [4.78, 5) is 27.7. The monoisotopic (exact) mass is 228 g/mol. The normalized spacial score (nSPS) is 9.94. The average molecular weight is 228 g/mol. The maximum Gasteiger partial charge on any atom is 0.249 e. The molecule has 0 atom stereocenters. The maximum atomic E-state index is 11.3. The topological polar surface area (TPSA) is 98.7 Å². The molecule has 6 heteroatoms. The molecule has 0 saturated carbocycles. The molecule has 1 amide bonds. The first-order valence-corrected chi connectivity index (χ1v) is 4.84. The number of aryl methyl sites for hydroxylation is 1. The summed E-state index contributed by atoms with van der Waals surface area (Å²) in [5.74, 6) is -0.644. The van der Waals surface area contributed by atoms with Crippen molar-refractivity contribution in [2.24, 2.45) is 5.11 Å². The number of hydrogen-bond donors (Lipinski definition) is 1. The lowest BCUT2D eigenvalue weighted by molar-refractivity contribution is 0.1000. The Balaban J connectivity index is 2.63. The van der Waals surface area contributed by atoms with Gasteiger partial charge >= 0.3 is 0 Å². The number of hydrogen-bond acceptors (Lipinski definition) is 2. The quantitative estimate of drug-likeness (QED) is 0.370. The van der Waals surface area contributed by atoms with E-state index in [1.54, 1.807) is 19.1 Å². The number of fused-ring (bicyclic) bond motifs is 1. The number of aldehydes is 1. The van der Waals surface area contributed by atoms with Crippen LogP contribution in [0.15, 0.2) is 23.3 Å². The molecule has 0 aliphatic rings. The van der Waals surface area contributed by atoms with Crippen LogP contribution in [0.3, 0.4) is 0 Å². The number of aromatic nitrogens is 1. The van der Waals surface area contributed by atoms with E-state index in [1.165, 1.54) is 6.07 Å². The van der Waals surface area contributed by atoms with Gasteiger partial charge in [-0.3, -0.25) is 9.59 Å². The maximum absolute atomic E-state index is 11.3. The molecule has 0 saturated heterocycles. The standard InChI is InChI=1S/C11H8N4O2/c1-6-9(5-16)8-3-2-7(4-10(8)13-6)11(17)14-15-12/h2-5,13H,1H3. The first kappa shape index (κ1) is 10.9. The summed E-state index contributed by atoms with van der Waals surface area (Å²) in [6, 6.07) is 4.74. The van der Waals surface area contributed by atoms with Crippen molar-refractivity contribution in [3.8, 4) is 0 Å². The second-order valence-electron chi connectivity index (χ2n) is 3.54. The summed E-state index contributed by atoms with van der Waals surface area (Å²) in [6.45, 7) is 1.78. The molecule has 0 aliphatic heterocycles. The highest BCUT2D eigenvalue weighted by Crippen LogP contribution is 2.22. The molecule has 84 valence electrons. The molecule has 2 aromatic rings. The highest BCUT2D eigenvalue weighted by molar-refractivity contribution is 6.03. The number of carbonyl (C=O) groups excluding carboxylic acids is 2. The highest BCUT2D eigenvalue weighted by Gasteiger charge is 2.10. The minimum Gasteiger partial charge on any atom is -0.358 e. The van der Waals surface area contributed by atoms with Gasteiger partial charge in [-0.25, -0.2) is 0 Å². The van der Waals surface area contributed by atoms with Gasteiger partial charge in [0.15, 0.2) is 6.29 Å². The largest absolute Gasteiger partial charge is 0.358 e. The van der Waals surface area contributed by atoms with Crippen LogP contribution in [0.25, 0.3) is 21.3 Å². The molecule has 2 rings (SSSR count). The zero-order valence-electron chi connectivity index (χ0n) is 8.97. The first-order valence-electron chi connectivity index (χ1n) is 4.84. The third-order valence-electron chi connectivity index (χ3n) is 2.54. The second-order valence-corrected chi connectivity index (χ2v) is 3.54. The zero-order chi connectivity index (χ0) is 12.4. The predicted octanol–water partition coefficient (Wildman–Crippen LogP) is 2.74. The van der Waals surface area contributed by atoms with E-state index in [9.17, 15) is 9.59 Å². The number of aromatic amines is 1. The predicted molar refractivity (Wildman–Crippen MR) is 61.9 cm³/mol. The number of azide groups is 1. The summed E-state index contributed by atoms with van der Waals surface area (Å²) in [5, 5.41) is 3.75. The van der Waals surface area contributed by atoms with Crippen LogP contribution in [0.2, 0.25) is 0 Å². The molecular weight excluding hydrogens is 220 g/mol. The van der Waals surface area contributed by atoms with Crippen LogP contribution in [0.1, 0.15) is 26.4 Å². The first-order chi connectivity index (χ1) is 8.17. The van der Waals surface area contributed by atoms with Crippen LogP contribution in [0.4, 0.5) is 0 Å². The molecule has 1 aromatic carbocycles. The molecule has 0 spiro atoms. The van der Waals surface area contributed by atoms with E-state index < -0.39 is 5.91 Å². The van der Waals surface area contributed by atoms with Crippen LogP contribution in [-0.4, -0.2) is 17.2 Å². The van der Waals surface area contributed by atoms with Crippen molar-refractivity contribution in [3.05, 3.63) is 45.5 Å². The molecule has 1 aromatic heterocycles. The van der Waals surface area contributed by atoms with Crippen molar-refractivity contribution in [3.63, 3.8) is 0 Å². The van der Waals surface area contributed by atoms with Gasteiger partial charge in [-0.05, 0) is 23.6 Å². The Labute approximate surface area is 95.9 Å². The van der Waals surface area contributed by atoms with Gasteiger partial charge in [0, 0.05) is 32.6 Å². The lowest BCUT2D eigenvalue weighted by atomic mass is 10.1. The van der Waals surface area contributed by atoms with E-state index >= 15 is 0 Å². The molecule has 1 heterocycles. The summed E-state index contributed by atoms with van der Waals surface area (Å²) >= 11 is 0. The third kappa shape index (κ3) is 1.77. The van der Waals surface area contributed by atoms with Crippen LogP contribution in [-0.2, 0) is 0 Å². The van der Waals surface area contributed by atoms with Crippen LogP contribution >= 0.6 is 0 Å². The molecular formula is C11H8N4O2. The van der Waals surface area contributed by atoms with Crippen molar-refractivity contribution in [2.75, 3.05) is 0 Å². The Bertz CT molecular complexity index is 665. The van der Waals surface area contributed by atoms with E-state index in [0.717, 1.165) is 17.4 Å². The number of amides is 1. The van der Waals surface area contributed by atoms with Gasteiger partial charge in [0.2, 0.25) is 5.91 Å². The van der Waals surface area contributed by atoms with E-state index in [-0.39, 0.29) is 5.56 Å². The number of nitrogens with zero attached hydrogens (tertiary/aromatic N) is 3. The Morgan fingerprint density at radius 1 is 1.53 bits per heavy atom. The van der Waals surface area contributed by atoms with Gasteiger partial charge in [-0.1, -0.05) is 12.1 Å². The summed E-state index contributed by atoms with van der Waals surface area (Å²) in [6.07, 6.45) is 0.767. The van der Waals surface area contributed by atoms with Crippen LogP contribution < -0.4 is 0 Å². The lowest BCUT2D eigenvalue weighted by Gasteiger charge is -1.95. The molecule has 0 radical (unpaired) electrons. The van der Waals surface area contributed by atoms with Gasteiger partial charge in [-0.15, -0.1) is 0 Å². The molecule has 0 fully saturated rings. The Kier molecular flexibility index (Phi) is 2.64. The molecule has 0 bridgehead atoms. The van der Waals surface area contributed by atoms with Crippen LogP contribution in [0, 0.1) is 6.92 Å². The summed E-state index contributed by atoms with van der Waals surface area (Å²) < 4.78 is 0. The highest BCUT2D eigenvalue weighted by atomic mass is 16.1.